The number of nitrogens with two attached hydrogens (primary N) is 1. The first kappa shape index (κ1) is 13.0. The van der Waals surface area contributed by atoms with E-state index in [1.165, 1.54) is 5.56 Å². The summed E-state index contributed by atoms with van der Waals surface area (Å²) in [5.41, 5.74) is 7.38. The van der Waals surface area contributed by atoms with Gasteiger partial charge in [-0.1, -0.05) is 26.0 Å². The number of benzene rings is 1. The highest BCUT2D eigenvalue weighted by Crippen LogP contribution is 2.31. The molecule has 0 spiro atoms. The van der Waals surface area contributed by atoms with E-state index in [2.05, 4.69) is 26.0 Å². The highest BCUT2D eigenvalue weighted by atomic mass is 16.5. The van der Waals surface area contributed by atoms with Gasteiger partial charge < -0.3 is 10.5 Å². The topological polar surface area (TPSA) is 35.2 Å². The molecule has 0 fully saturated rings. The minimum atomic E-state index is 0.130. The van der Waals surface area contributed by atoms with Crippen LogP contribution in [0.4, 0.5) is 0 Å². The van der Waals surface area contributed by atoms with Crippen molar-refractivity contribution in [2.24, 2.45) is 5.73 Å². The van der Waals surface area contributed by atoms with E-state index in [9.17, 15) is 0 Å². The molecule has 0 amide bonds. The van der Waals surface area contributed by atoms with Crippen LogP contribution in [0.5, 0.6) is 5.75 Å². The standard InChI is InChI=1S/C14H23NO/c1-4-14(5-2,11-15)12-7-9-13(10-8-12)16-6-3/h7-10H,4-6,11,15H2,1-3H3. The summed E-state index contributed by atoms with van der Waals surface area (Å²) >= 11 is 0. The fraction of sp³-hybridized carbons (Fsp3) is 0.571. The molecule has 0 radical (unpaired) electrons. The Labute approximate surface area is 98.8 Å². The minimum Gasteiger partial charge on any atom is -0.494 e. The van der Waals surface area contributed by atoms with Gasteiger partial charge in [0.1, 0.15) is 5.75 Å². The summed E-state index contributed by atoms with van der Waals surface area (Å²) in [6.07, 6.45) is 2.15. The molecule has 0 saturated carbocycles. The molecule has 2 heteroatoms. The molecule has 0 unspecified atom stereocenters. The van der Waals surface area contributed by atoms with Crippen LogP contribution in [0.3, 0.4) is 0 Å². The van der Waals surface area contributed by atoms with Gasteiger partial charge in [0, 0.05) is 12.0 Å². The van der Waals surface area contributed by atoms with Crippen molar-refractivity contribution < 1.29 is 4.74 Å². The van der Waals surface area contributed by atoms with Gasteiger partial charge in [-0.2, -0.15) is 0 Å². The lowest BCUT2D eigenvalue weighted by atomic mass is 9.76. The Morgan fingerprint density at radius 3 is 2.00 bits per heavy atom. The van der Waals surface area contributed by atoms with Crippen LogP contribution in [-0.2, 0) is 5.41 Å². The lowest BCUT2D eigenvalue weighted by Gasteiger charge is -2.30. The Hall–Kier alpha value is -1.02. The molecule has 0 aliphatic heterocycles. The molecule has 1 aromatic rings. The van der Waals surface area contributed by atoms with Gasteiger partial charge in [0.2, 0.25) is 0 Å². The number of ether oxygens (including phenoxy) is 1. The highest BCUT2D eigenvalue weighted by Gasteiger charge is 2.26. The third kappa shape index (κ3) is 2.56. The zero-order valence-corrected chi connectivity index (χ0v) is 10.6. The van der Waals surface area contributed by atoms with Gasteiger partial charge in [-0.05, 0) is 37.5 Å². The van der Waals surface area contributed by atoms with Gasteiger partial charge in [0.15, 0.2) is 0 Å². The summed E-state index contributed by atoms with van der Waals surface area (Å²) in [5.74, 6) is 0.935. The van der Waals surface area contributed by atoms with Gasteiger partial charge in [-0.15, -0.1) is 0 Å². The maximum atomic E-state index is 5.93. The van der Waals surface area contributed by atoms with Crippen LogP contribution in [-0.4, -0.2) is 13.2 Å². The largest absolute Gasteiger partial charge is 0.494 e. The van der Waals surface area contributed by atoms with Crippen molar-refractivity contribution in [1.29, 1.82) is 0 Å². The molecule has 2 N–H and O–H groups in total. The maximum absolute atomic E-state index is 5.93. The number of hydrogen-bond donors (Lipinski definition) is 1. The van der Waals surface area contributed by atoms with Crippen molar-refractivity contribution in [2.75, 3.05) is 13.2 Å². The summed E-state index contributed by atoms with van der Waals surface area (Å²) in [7, 11) is 0. The Kier molecular flexibility index (Phi) is 4.81. The second-order valence-electron chi connectivity index (χ2n) is 4.15. The molecule has 0 aliphatic rings. The molecule has 0 saturated heterocycles. The lowest BCUT2D eigenvalue weighted by molar-refractivity contribution is 0.339. The first-order valence-electron chi connectivity index (χ1n) is 6.15. The number of rotatable bonds is 6. The Balaban J connectivity index is 2.94. The van der Waals surface area contributed by atoms with E-state index in [1.807, 2.05) is 19.1 Å². The molecule has 1 aromatic carbocycles. The Morgan fingerprint density at radius 1 is 1.06 bits per heavy atom. The summed E-state index contributed by atoms with van der Waals surface area (Å²) in [6, 6.07) is 8.36. The normalized spacial score (nSPS) is 11.5. The van der Waals surface area contributed by atoms with Crippen molar-refractivity contribution in [3.8, 4) is 5.75 Å². The van der Waals surface area contributed by atoms with Crippen LogP contribution in [0.2, 0.25) is 0 Å². The van der Waals surface area contributed by atoms with Crippen molar-refractivity contribution in [2.45, 2.75) is 39.0 Å². The van der Waals surface area contributed by atoms with E-state index in [4.69, 9.17) is 10.5 Å². The van der Waals surface area contributed by atoms with Crippen LogP contribution in [0.15, 0.2) is 24.3 Å². The second kappa shape index (κ2) is 5.90. The Bertz CT molecular complexity index is 293. The van der Waals surface area contributed by atoms with E-state index in [-0.39, 0.29) is 5.41 Å². The average Bonchev–Trinajstić information content (AvgIpc) is 2.34. The van der Waals surface area contributed by atoms with Crippen LogP contribution < -0.4 is 10.5 Å². The van der Waals surface area contributed by atoms with Crippen LogP contribution in [0, 0.1) is 0 Å². The molecular formula is C14H23NO. The fourth-order valence-electron chi connectivity index (χ4n) is 2.14. The van der Waals surface area contributed by atoms with E-state index < -0.39 is 0 Å². The van der Waals surface area contributed by atoms with Crippen LogP contribution in [0.1, 0.15) is 39.2 Å². The molecule has 0 atom stereocenters. The molecule has 90 valence electrons. The molecule has 0 aliphatic carbocycles. The summed E-state index contributed by atoms with van der Waals surface area (Å²) < 4.78 is 5.44. The number of hydrogen-bond acceptors (Lipinski definition) is 2. The lowest BCUT2D eigenvalue weighted by Crippen LogP contribution is -2.33. The van der Waals surface area contributed by atoms with Gasteiger partial charge in [0.05, 0.1) is 6.61 Å². The molecule has 2 nitrogen and oxygen atoms in total. The fourth-order valence-corrected chi connectivity index (χ4v) is 2.14. The molecule has 0 heterocycles. The zero-order chi connectivity index (χ0) is 12.0. The Morgan fingerprint density at radius 2 is 1.62 bits per heavy atom. The predicted molar refractivity (Wildman–Crippen MR) is 68.9 cm³/mol. The van der Waals surface area contributed by atoms with Gasteiger partial charge >= 0.3 is 0 Å². The summed E-state index contributed by atoms with van der Waals surface area (Å²) in [6.45, 7) is 7.81. The predicted octanol–water partition coefficient (Wildman–Crippen LogP) is 3.10. The van der Waals surface area contributed by atoms with Gasteiger partial charge in [-0.3, -0.25) is 0 Å². The molecule has 1 rings (SSSR count). The average molecular weight is 221 g/mol. The molecule has 0 bridgehead atoms. The summed E-state index contributed by atoms with van der Waals surface area (Å²) in [4.78, 5) is 0. The summed E-state index contributed by atoms with van der Waals surface area (Å²) in [5, 5.41) is 0. The molecular weight excluding hydrogens is 198 g/mol. The van der Waals surface area contributed by atoms with Gasteiger partial charge in [-0.25, -0.2) is 0 Å². The maximum Gasteiger partial charge on any atom is 0.119 e. The second-order valence-corrected chi connectivity index (χ2v) is 4.15. The molecule has 16 heavy (non-hydrogen) atoms. The van der Waals surface area contributed by atoms with Crippen molar-refractivity contribution in [3.63, 3.8) is 0 Å². The smallest absolute Gasteiger partial charge is 0.119 e. The van der Waals surface area contributed by atoms with Crippen molar-refractivity contribution in [3.05, 3.63) is 29.8 Å². The van der Waals surface area contributed by atoms with E-state index >= 15 is 0 Å². The third-order valence-corrected chi connectivity index (χ3v) is 3.52. The monoisotopic (exact) mass is 221 g/mol. The minimum absolute atomic E-state index is 0.130. The first-order valence-corrected chi connectivity index (χ1v) is 6.15. The van der Waals surface area contributed by atoms with E-state index in [0.717, 1.165) is 18.6 Å². The third-order valence-electron chi connectivity index (χ3n) is 3.52. The first-order chi connectivity index (χ1) is 7.72. The van der Waals surface area contributed by atoms with E-state index in [1.54, 1.807) is 0 Å². The van der Waals surface area contributed by atoms with Crippen molar-refractivity contribution in [1.82, 2.24) is 0 Å². The van der Waals surface area contributed by atoms with E-state index in [0.29, 0.717) is 13.2 Å². The SMILES string of the molecule is CCOc1ccc(C(CC)(CC)CN)cc1. The van der Waals surface area contributed by atoms with Crippen LogP contribution in [0.25, 0.3) is 0 Å². The zero-order valence-electron chi connectivity index (χ0n) is 10.6. The van der Waals surface area contributed by atoms with Gasteiger partial charge in [0.25, 0.3) is 0 Å². The van der Waals surface area contributed by atoms with Crippen LogP contribution >= 0.6 is 0 Å². The quantitative estimate of drug-likeness (QED) is 0.801. The highest BCUT2D eigenvalue weighted by molar-refractivity contribution is 5.32. The van der Waals surface area contributed by atoms with Crippen molar-refractivity contribution >= 4 is 0 Å². The molecule has 0 aromatic heterocycles.